The molecule has 1 fully saturated rings. The summed E-state index contributed by atoms with van der Waals surface area (Å²) in [6, 6.07) is 6.93. The Bertz CT molecular complexity index is 1360. The second kappa shape index (κ2) is 10.1. The molecule has 0 saturated carbocycles. The first-order valence-corrected chi connectivity index (χ1v) is 11.8. The molecular weight excluding hydrogens is 474 g/mol. The van der Waals surface area contributed by atoms with Crippen molar-refractivity contribution in [2.24, 2.45) is 0 Å². The lowest BCUT2D eigenvalue weighted by Crippen LogP contribution is -2.40. The van der Waals surface area contributed by atoms with Crippen molar-refractivity contribution in [2.45, 2.75) is 25.3 Å². The summed E-state index contributed by atoms with van der Waals surface area (Å²) < 4.78 is 29.2. The van der Waals surface area contributed by atoms with Crippen LogP contribution in [0.15, 0.2) is 55.1 Å². The zero-order valence-corrected chi connectivity index (χ0v) is 19.6. The van der Waals surface area contributed by atoms with Crippen LogP contribution in [0, 0.1) is 11.6 Å². The molecule has 3 aromatic heterocycles. The molecular formula is C25H23ClF2N6O. The third kappa shape index (κ3) is 4.74. The summed E-state index contributed by atoms with van der Waals surface area (Å²) >= 11 is 6.46. The number of carbonyl (C=O) groups is 1. The molecule has 1 amide bonds. The van der Waals surface area contributed by atoms with Gasteiger partial charge >= 0.3 is 0 Å². The van der Waals surface area contributed by atoms with E-state index in [0.29, 0.717) is 33.1 Å². The molecule has 5 rings (SSSR count). The highest BCUT2D eigenvalue weighted by molar-refractivity contribution is 6.36. The lowest BCUT2D eigenvalue weighted by Gasteiger charge is -2.35. The van der Waals surface area contributed by atoms with E-state index in [1.54, 1.807) is 47.6 Å². The number of hydrogen-bond acceptors (Lipinski definition) is 5. The molecule has 0 radical (unpaired) electrons. The number of pyridine rings is 1. The molecule has 1 aromatic carbocycles. The molecule has 4 heterocycles. The zero-order chi connectivity index (χ0) is 24.4. The molecule has 180 valence electrons. The third-order valence-corrected chi connectivity index (χ3v) is 6.58. The molecule has 1 aliphatic rings. The standard InChI is InChI=1S/C25H23ClF2N6O/c26-18-7-10-29-23-22(18)17(15-34(23)25-30-8-4-9-31-25)24(35)32-14-21(33-11-2-1-3-12-33)16-5-6-19(27)20(28)13-16/h4-10,13,15,21H,1-3,11-12,14H2,(H,32,35). The zero-order valence-electron chi connectivity index (χ0n) is 18.8. The molecule has 35 heavy (non-hydrogen) atoms. The molecule has 1 unspecified atom stereocenters. The number of nitrogens with one attached hydrogen (secondary N) is 1. The van der Waals surface area contributed by atoms with Crippen molar-refractivity contribution in [1.29, 1.82) is 0 Å². The van der Waals surface area contributed by atoms with E-state index < -0.39 is 11.6 Å². The van der Waals surface area contributed by atoms with Crippen molar-refractivity contribution in [3.05, 3.63) is 82.9 Å². The summed E-state index contributed by atoms with van der Waals surface area (Å²) in [6.45, 7) is 1.86. The van der Waals surface area contributed by atoms with Gasteiger partial charge in [-0.3, -0.25) is 14.3 Å². The third-order valence-electron chi connectivity index (χ3n) is 6.26. The molecule has 1 saturated heterocycles. The molecule has 0 spiro atoms. The number of rotatable bonds is 6. The van der Waals surface area contributed by atoms with Gasteiger partial charge in [-0.15, -0.1) is 0 Å². The summed E-state index contributed by atoms with van der Waals surface area (Å²) in [5, 5.41) is 3.84. The fourth-order valence-electron chi connectivity index (χ4n) is 4.55. The minimum absolute atomic E-state index is 0.219. The molecule has 7 nitrogen and oxygen atoms in total. The number of piperidine rings is 1. The minimum atomic E-state index is -0.903. The van der Waals surface area contributed by atoms with Gasteiger partial charge in [0.05, 0.1) is 22.0 Å². The van der Waals surface area contributed by atoms with Crippen molar-refractivity contribution in [1.82, 2.24) is 29.7 Å². The molecule has 1 aliphatic heterocycles. The first kappa shape index (κ1) is 23.3. The van der Waals surface area contributed by atoms with Gasteiger partial charge < -0.3 is 5.32 Å². The van der Waals surface area contributed by atoms with Crippen LogP contribution in [0.1, 0.15) is 41.2 Å². The van der Waals surface area contributed by atoms with E-state index in [4.69, 9.17) is 11.6 Å². The Labute approximate surface area is 205 Å². The largest absolute Gasteiger partial charge is 0.350 e. The quantitative estimate of drug-likeness (QED) is 0.418. The number of benzene rings is 1. The lowest BCUT2D eigenvalue weighted by atomic mass is 10.0. The van der Waals surface area contributed by atoms with E-state index in [2.05, 4.69) is 25.2 Å². The average molecular weight is 497 g/mol. The fourth-order valence-corrected chi connectivity index (χ4v) is 4.79. The van der Waals surface area contributed by atoms with Crippen LogP contribution in [-0.4, -0.2) is 50.0 Å². The van der Waals surface area contributed by atoms with Crippen molar-refractivity contribution < 1.29 is 13.6 Å². The second-order valence-electron chi connectivity index (χ2n) is 8.45. The SMILES string of the molecule is O=C(NCC(c1ccc(F)c(F)c1)N1CCCCC1)c1cn(-c2ncccn2)c2nccc(Cl)c12. The van der Waals surface area contributed by atoms with Crippen molar-refractivity contribution in [2.75, 3.05) is 19.6 Å². The Morgan fingerprint density at radius 1 is 1.03 bits per heavy atom. The summed E-state index contributed by atoms with van der Waals surface area (Å²) in [7, 11) is 0. The second-order valence-corrected chi connectivity index (χ2v) is 8.86. The van der Waals surface area contributed by atoms with Crippen LogP contribution in [0.5, 0.6) is 0 Å². The van der Waals surface area contributed by atoms with E-state index in [1.807, 2.05) is 0 Å². The number of aromatic nitrogens is 4. The van der Waals surface area contributed by atoms with Gasteiger partial charge in [-0.25, -0.2) is 23.7 Å². The van der Waals surface area contributed by atoms with Gasteiger partial charge in [-0.1, -0.05) is 24.1 Å². The van der Waals surface area contributed by atoms with Crippen LogP contribution < -0.4 is 5.32 Å². The van der Waals surface area contributed by atoms with Crippen LogP contribution >= 0.6 is 11.6 Å². The van der Waals surface area contributed by atoms with Crippen LogP contribution in [-0.2, 0) is 0 Å². The maximum Gasteiger partial charge on any atom is 0.253 e. The molecule has 0 bridgehead atoms. The van der Waals surface area contributed by atoms with Crippen molar-refractivity contribution in [3.8, 4) is 5.95 Å². The van der Waals surface area contributed by atoms with Crippen LogP contribution in [0.4, 0.5) is 8.78 Å². The van der Waals surface area contributed by atoms with Gasteiger partial charge in [0.25, 0.3) is 5.91 Å². The summed E-state index contributed by atoms with van der Waals surface area (Å²) in [5.74, 6) is -1.80. The summed E-state index contributed by atoms with van der Waals surface area (Å²) in [4.78, 5) is 28.5. The number of likely N-dealkylation sites (tertiary alicyclic amines) is 1. The number of halogens is 3. The normalized spacial score (nSPS) is 15.3. The van der Waals surface area contributed by atoms with E-state index in [0.717, 1.165) is 38.4 Å². The first-order chi connectivity index (χ1) is 17.0. The van der Waals surface area contributed by atoms with E-state index >= 15 is 0 Å². The highest BCUT2D eigenvalue weighted by Gasteiger charge is 2.26. The molecule has 4 aromatic rings. The smallest absolute Gasteiger partial charge is 0.253 e. The number of hydrogen-bond donors (Lipinski definition) is 1. The van der Waals surface area contributed by atoms with Crippen molar-refractivity contribution >= 4 is 28.5 Å². The Balaban J connectivity index is 1.46. The number of amides is 1. The molecule has 1 N–H and O–H groups in total. The van der Waals surface area contributed by atoms with Crippen LogP contribution in [0.3, 0.4) is 0 Å². The Morgan fingerprint density at radius 2 is 1.80 bits per heavy atom. The topological polar surface area (TPSA) is 75.9 Å². The maximum atomic E-state index is 14.0. The average Bonchev–Trinajstić information content (AvgIpc) is 3.28. The van der Waals surface area contributed by atoms with Crippen molar-refractivity contribution in [3.63, 3.8) is 0 Å². The molecule has 1 atom stereocenters. The van der Waals surface area contributed by atoms with Gasteiger partial charge in [0.1, 0.15) is 5.65 Å². The van der Waals surface area contributed by atoms with Gasteiger partial charge in [-0.2, -0.15) is 0 Å². The number of carbonyl (C=O) groups excluding carboxylic acids is 1. The van der Waals surface area contributed by atoms with Gasteiger partial charge in [0.15, 0.2) is 11.6 Å². The van der Waals surface area contributed by atoms with Crippen LogP contribution in [0.2, 0.25) is 5.02 Å². The highest BCUT2D eigenvalue weighted by Crippen LogP contribution is 2.29. The van der Waals surface area contributed by atoms with Crippen LogP contribution in [0.25, 0.3) is 17.0 Å². The first-order valence-electron chi connectivity index (χ1n) is 11.4. The molecule has 10 heteroatoms. The maximum absolute atomic E-state index is 14.0. The minimum Gasteiger partial charge on any atom is -0.350 e. The van der Waals surface area contributed by atoms with E-state index in [9.17, 15) is 13.6 Å². The summed E-state index contributed by atoms with van der Waals surface area (Å²) in [5.41, 5.74) is 1.40. The van der Waals surface area contributed by atoms with E-state index in [-0.39, 0.29) is 18.5 Å². The Hall–Kier alpha value is -3.43. The number of nitrogens with zero attached hydrogens (tertiary/aromatic N) is 5. The van der Waals surface area contributed by atoms with Gasteiger partial charge in [0, 0.05) is 31.3 Å². The van der Waals surface area contributed by atoms with E-state index in [1.165, 1.54) is 6.07 Å². The predicted molar refractivity (Wildman–Crippen MR) is 129 cm³/mol. The fraction of sp³-hybridized carbons (Fsp3) is 0.280. The van der Waals surface area contributed by atoms with Gasteiger partial charge in [0.2, 0.25) is 5.95 Å². The lowest BCUT2D eigenvalue weighted by molar-refractivity contribution is 0.0926. The van der Waals surface area contributed by atoms with Gasteiger partial charge in [-0.05, 0) is 55.8 Å². The Kier molecular flexibility index (Phi) is 6.70. The molecule has 0 aliphatic carbocycles. The number of fused-ring (bicyclic) bond motifs is 1. The predicted octanol–water partition coefficient (Wildman–Crippen LogP) is 4.70. The monoisotopic (exact) mass is 496 g/mol. The highest BCUT2D eigenvalue weighted by atomic mass is 35.5. The Morgan fingerprint density at radius 3 is 2.54 bits per heavy atom. The summed E-state index contributed by atoms with van der Waals surface area (Å²) in [6.07, 6.45) is 9.52.